The Balaban J connectivity index is 1.35. The van der Waals surface area contributed by atoms with Crippen molar-refractivity contribution in [2.75, 3.05) is 0 Å². The van der Waals surface area contributed by atoms with Gasteiger partial charge in [0.1, 0.15) is 5.76 Å². The summed E-state index contributed by atoms with van der Waals surface area (Å²) in [5.74, 6) is 3.86. The Kier molecular flexibility index (Phi) is 5.84. The van der Waals surface area contributed by atoms with Gasteiger partial charge in [-0.25, -0.2) is 0 Å². The number of para-hydroxylation sites is 1. The molecule has 1 amide bonds. The van der Waals surface area contributed by atoms with Gasteiger partial charge in [0.25, 0.3) is 0 Å². The van der Waals surface area contributed by atoms with Crippen molar-refractivity contribution in [2.24, 2.45) is 17.8 Å². The van der Waals surface area contributed by atoms with E-state index in [2.05, 4.69) is 22.4 Å². The van der Waals surface area contributed by atoms with Crippen molar-refractivity contribution >= 4 is 17.7 Å². The monoisotopic (exact) mass is 450 g/mol. The highest BCUT2D eigenvalue weighted by atomic mass is 32.2. The Morgan fingerprint density at radius 1 is 1.16 bits per heavy atom. The second kappa shape index (κ2) is 8.77. The van der Waals surface area contributed by atoms with Crippen LogP contribution in [-0.4, -0.2) is 32.0 Å². The highest BCUT2D eigenvalue weighted by Crippen LogP contribution is 2.49. The van der Waals surface area contributed by atoms with Crippen molar-refractivity contribution in [1.29, 1.82) is 0 Å². The summed E-state index contributed by atoms with van der Waals surface area (Å²) in [7, 11) is 0. The lowest BCUT2D eigenvalue weighted by Crippen LogP contribution is -2.43. The molecule has 2 aliphatic rings. The van der Waals surface area contributed by atoms with Gasteiger partial charge in [-0.1, -0.05) is 36.4 Å². The van der Waals surface area contributed by atoms with Gasteiger partial charge in [0.05, 0.1) is 17.1 Å². The van der Waals surface area contributed by atoms with Crippen LogP contribution in [0.2, 0.25) is 0 Å². The second-order valence-corrected chi connectivity index (χ2v) is 10.6. The summed E-state index contributed by atoms with van der Waals surface area (Å²) >= 11 is 1.44. The van der Waals surface area contributed by atoms with E-state index in [-0.39, 0.29) is 17.2 Å². The third-order valence-electron chi connectivity index (χ3n) is 7.20. The van der Waals surface area contributed by atoms with Gasteiger partial charge in [-0.3, -0.25) is 9.36 Å². The van der Waals surface area contributed by atoms with Crippen LogP contribution in [0.25, 0.3) is 17.1 Å². The van der Waals surface area contributed by atoms with Crippen LogP contribution >= 0.6 is 11.8 Å². The van der Waals surface area contributed by atoms with Crippen LogP contribution in [0.5, 0.6) is 0 Å². The molecule has 0 radical (unpaired) electrons. The highest BCUT2D eigenvalue weighted by Gasteiger charge is 2.42. The number of carbonyl (C=O) groups is 1. The zero-order valence-corrected chi connectivity index (χ0v) is 19.6. The van der Waals surface area contributed by atoms with Crippen LogP contribution in [0.1, 0.15) is 45.3 Å². The smallest absolute Gasteiger partial charge is 0.233 e. The van der Waals surface area contributed by atoms with E-state index >= 15 is 0 Å². The molecule has 5 rings (SSSR count). The molecule has 168 valence electrons. The number of hydrogen-bond acceptors (Lipinski definition) is 5. The van der Waals surface area contributed by atoms with Gasteiger partial charge in [-0.2, -0.15) is 0 Å². The van der Waals surface area contributed by atoms with E-state index in [1.807, 2.05) is 54.8 Å². The van der Waals surface area contributed by atoms with E-state index in [1.165, 1.54) is 37.4 Å². The molecule has 7 heteroatoms. The highest BCUT2D eigenvalue weighted by molar-refractivity contribution is 8.00. The van der Waals surface area contributed by atoms with Gasteiger partial charge in [-0.05, 0) is 76.0 Å². The molecule has 3 aromatic rings. The van der Waals surface area contributed by atoms with Gasteiger partial charge in [-0.15, -0.1) is 10.2 Å². The van der Waals surface area contributed by atoms with Gasteiger partial charge >= 0.3 is 0 Å². The summed E-state index contributed by atoms with van der Waals surface area (Å²) in [5.41, 5.74) is 1.86. The number of amides is 1. The van der Waals surface area contributed by atoms with Gasteiger partial charge in [0, 0.05) is 11.7 Å². The predicted molar refractivity (Wildman–Crippen MR) is 126 cm³/mol. The number of aromatic nitrogens is 3. The molecule has 1 aromatic carbocycles. The first kappa shape index (κ1) is 21.3. The standard InChI is InChI=1S/C25H30N4O2S/c1-15(22-14-18-9-10-19(22)13-18)26-24(30)17(3)32-25-28-27-23(21-11-12-31-16(21)2)29(25)20-7-5-4-6-8-20/h4-8,11-12,15,17-19,22H,9-10,13-14H2,1-3H3,(H,26,30). The zero-order chi connectivity index (χ0) is 22.2. The maximum atomic E-state index is 13.1. The fraction of sp³-hybridized carbons (Fsp3) is 0.480. The minimum atomic E-state index is -0.277. The molecule has 1 N–H and O–H groups in total. The molecular weight excluding hydrogens is 420 g/mol. The molecule has 0 spiro atoms. The van der Waals surface area contributed by atoms with Gasteiger partial charge in [0.2, 0.25) is 5.91 Å². The Morgan fingerprint density at radius 2 is 1.97 bits per heavy atom. The Bertz CT molecular complexity index is 1090. The molecule has 5 unspecified atom stereocenters. The van der Waals surface area contributed by atoms with E-state index in [0.717, 1.165) is 28.8 Å². The van der Waals surface area contributed by atoms with Gasteiger partial charge < -0.3 is 9.73 Å². The van der Waals surface area contributed by atoms with E-state index in [1.54, 1.807) is 6.26 Å². The van der Waals surface area contributed by atoms with Crippen molar-refractivity contribution in [3.05, 3.63) is 48.4 Å². The third-order valence-corrected chi connectivity index (χ3v) is 8.25. The summed E-state index contributed by atoms with van der Waals surface area (Å²) in [6.07, 6.45) is 6.99. The van der Waals surface area contributed by atoms with Crippen molar-refractivity contribution in [1.82, 2.24) is 20.1 Å². The molecule has 2 aliphatic carbocycles. The van der Waals surface area contributed by atoms with Crippen molar-refractivity contribution in [3.63, 3.8) is 0 Å². The Hall–Kier alpha value is -2.54. The summed E-state index contributed by atoms with van der Waals surface area (Å²) in [5, 5.41) is 12.6. The number of fused-ring (bicyclic) bond motifs is 2. The number of benzene rings is 1. The molecular formula is C25H30N4O2S. The third kappa shape index (κ3) is 3.98. The summed E-state index contributed by atoms with van der Waals surface area (Å²) in [6, 6.07) is 12.1. The number of nitrogens with one attached hydrogen (secondary N) is 1. The normalized spacial score (nSPS) is 23.9. The van der Waals surface area contributed by atoms with Crippen LogP contribution < -0.4 is 5.32 Å². The largest absolute Gasteiger partial charge is 0.469 e. The molecule has 5 atom stereocenters. The van der Waals surface area contributed by atoms with E-state index in [0.29, 0.717) is 16.9 Å². The summed E-state index contributed by atoms with van der Waals surface area (Å²) < 4.78 is 7.51. The quantitative estimate of drug-likeness (QED) is 0.497. The predicted octanol–water partition coefficient (Wildman–Crippen LogP) is 5.26. The van der Waals surface area contributed by atoms with Crippen LogP contribution in [0.15, 0.2) is 52.2 Å². The molecule has 0 saturated heterocycles. The fourth-order valence-electron chi connectivity index (χ4n) is 5.51. The van der Waals surface area contributed by atoms with Crippen molar-refractivity contribution < 1.29 is 9.21 Å². The minimum Gasteiger partial charge on any atom is -0.469 e. The maximum absolute atomic E-state index is 13.1. The molecule has 0 aliphatic heterocycles. The maximum Gasteiger partial charge on any atom is 0.233 e. The Labute approximate surface area is 193 Å². The first-order valence-electron chi connectivity index (χ1n) is 11.5. The van der Waals surface area contributed by atoms with E-state index in [9.17, 15) is 4.79 Å². The number of nitrogens with zero attached hydrogens (tertiary/aromatic N) is 3. The lowest BCUT2D eigenvalue weighted by atomic mass is 9.84. The minimum absolute atomic E-state index is 0.0638. The van der Waals surface area contributed by atoms with Crippen LogP contribution in [-0.2, 0) is 4.79 Å². The molecule has 2 fully saturated rings. The molecule has 32 heavy (non-hydrogen) atoms. The molecule has 2 aromatic heterocycles. The van der Waals surface area contributed by atoms with Crippen LogP contribution in [0, 0.1) is 24.7 Å². The van der Waals surface area contributed by atoms with E-state index < -0.39 is 0 Å². The van der Waals surface area contributed by atoms with Gasteiger partial charge in [0.15, 0.2) is 11.0 Å². The fourth-order valence-corrected chi connectivity index (χ4v) is 6.39. The number of thioether (sulfide) groups is 1. The number of rotatable bonds is 7. The topological polar surface area (TPSA) is 72.9 Å². The number of furan rings is 1. The second-order valence-electron chi connectivity index (χ2n) is 9.26. The first-order chi connectivity index (χ1) is 15.5. The summed E-state index contributed by atoms with van der Waals surface area (Å²) in [4.78, 5) is 13.1. The average molecular weight is 451 g/mol. The zero-order valence-electron chi connectivity index (χ0n) is 18.8. The molecule has 2 bridgehead atoms. The van der Waals surface area contributed by atoms with Crippen LogP contribution in [0.3, 0.4) is 0 Å². The molecule has 6 nitrogen and oxygen atoms in total. The van der Waals surface area contributed by atoms with Crippen molar-refractivity contribution in [2.45, 2.75) is 62.9 Å². The molecule has 2 saturated carbocycles. The lowest BCUT2D eigenvalue weighted by molar-refractivity contribution is -0.121. The van der Waals surface area contributed by atoms with E-state index in [4.69, 9.17) is 4.42 Å². The molecule has 2 heterocycles. The number of aryl methyl sites for hydroxylation is 1. The van der Waals surface area contributed by atoms with Crippen LogP contribution in [0.4, 0.5) is 0 Å². The number of carbonyl (C=O) groups excluding carboxylic acids is 1. The first-order valence-corrected chi connectivity index (χ1v) is 12.4. The summed E-state index contributed by atoms with van der Waals surface area (Å²) in [6.45, 7) is 6.03. The lowest BCUT2D eigenvalue weighted by Gasteiger charge is -2.29. The SMILES string of the molecule is Cc1occc1-c1nnc(SC(C)C(=O)NC(C)C2CC3CCC2C3)n1-c1ccccc1. The van der Waals surface area contributed by atoms with Crippen molar-refractivity contribution in [3.8, 4) is 17.1 Å². The number of hydrogen-bond donors (Lipinski definition) is 1. The average Bonchev–Trinajstić information content (AvgIpc) is 3.58. The Morgan fingerprint density at radius 3 is 2.62 bits per heavy atom.